The van der Waals surface area contributed by atoms with E-state index in [2.05, 4.69) is 74.5 Å². The SMILES string of the molecule is CCCCc1c(-c2ccccc2C)ccc2ccccc12. The molecule has 0 heteroatoms. The van der Waals surface area contributed by atoms with Crippen LogP contribution in [0.4, 0.5) is 0 Å². The highest BCUT2D eigenvalue weighted by Gasteiger charge is 2.10. The largest absolute Gasteiger partial charge is 0.0654 e. The number of rotatable bonds is 4. The summed E-state index contributed by atoms with van der Waals surface area (Å²) in [5.74, 6) is 0. The molecule has 21 heavy (non-hydrogen) atoms. The molecule has 0 aliphatic carbocycles. The minimum Gasteiger partial charge on any atom is -0.0654 e. The molecule has 0 saturated carbocycles. The topological polar surface area (TPSA) is 0 Å². The number of fused-ring (bicyclic) bond motifs is 1. The van der Waals surface area contributed by atoms with Crippen LogP contribution in [0.25, 0.3) is 21.9 Å². The van der Waals surface area contributed by atoms with Gasteiger partial charge in [-0.05, 0) is 52.8 Å². The lowest BCUT2D eigenvalue weighted by molar-refractivity contribution is 0.800. The molecule has 0 N–H and O–H groups in total. The summed E-state index contributed by atoms with van der Waals surface area (Å²) < 4.78 is 0. The van der Waals surface area contributed by atoms with Gasteiger partial charge in [-0.15, -0.1) is 0 Å². The molecule has 0 atom stereocenters. The molecule has 0 heterocycles. The number of hydrogen-bond acceptors (Lipinski definition) is 0. The van der Waals surface area contributed by atoms with E-state index in [1.807, 2.05) is 0 Å². The average molecular weight is 274 g/mol. The lowest BCUT2D eigenvalue weighted by Gasteiger charge is -2.15. The second-order valence-electron chi connectivity index (χ2n) is 5.73. The van der Waals surface area contributed by atoms with Crippen LogP contribution in [-0.2, 0) is 6.42 Å². The number of benzene rings is 3. The standard InChI is InChI=1S/C21H22/c1-3-4-11-20-19-13-8-6-10-17(19)14-15-21(20)18-12-7-5-9-16(18)2/h5-10,12-15H,3-4,11H2,1-2H3. The highest BCUT2D eigenvalue weighted by molar-refractivity contribution is 5.92. The van der Waals surface area contributed by atoms with Gasteiger partial charge in [-0.3, -0.25) is 0 Å². The van der Waals surface area contributed by atoms with Crippen LogP contribution in [0.15, 0.2) is 60.7 Å². The molecule has 0 fully saturated rings. The van der Waals surface area contributed by atoms with Crippen molar-refractivity contribution in [1.29, 1.82) is 0 Å². The van der Waals surface area contributed by atoms with Gasteiger partial charge < -0.3 is 0 Å². The van der Waals surface area contributed by atoms with Crippen molar-refractivity contribution < 1.29 is 0 Å². The molecule has 106 valence electrons. The Morgan fingerprint density at radius 3 is 2.33 bits per heavy atom. The van der Waals surface area contributed by atoms with Crippen LogP contribution in [0, 0.1) is 6.92 Å². The molecule has 3 aromatic carbocycles. The number of aryl methyl sites for hydroxylation is 2. The van der Waals surface area contributed by atoms with Crippen molar-refractivity contribution in [3.63, 3.8) is 0 Å². The van der Waals surface area contributed by atoms with E-state index < -0.39 is 0 Å². The Morgan fingerprint density at radius 2 is 1.52 bits per heavy atom. The van der Waals surface area contributed by atoms with Crippen LogP contribution >= 0.6 is 0 Å². The van der Waals surface area contributed by atoms with Crippen molar-refractivity contribution >= 4 is 10.8 Å². The molecule has 0 aliphatic rings. The first kappa shape index (κ1) is 13.9. The summed E-state index contributed by atoms with van der Waals surface area (Å²) in [7, 11) is 0. The van der Waals surface area contributed by atoms with Crippen LogP contribution in [0.2, 0.25) is 0 Å². The van der Waals surface area contributed by atoms with Gasteiger partial charge in [-0.2, -0.15) is 0 Å². The van der Waals surface area contributed by atoms with E-state index in [0.29, 0.717) is 0 Å². The second-order valence-corrected chi connectivity index (χ2v) is 5.73. The molecule has 3 rings (SSSR count). The van der Waals surface area contributed by atoms with Crippen molar-refractivity contribution in [1.82, 2.24) is 0 Å². The van der Waals surface area contributed by atoms with Gasteiger partial charge in [0.05, 0.1) is 0 Å². The summed E-state index contributed by atoms with van der Waals surface area (Å²) in [6, 6.07) is 22.0. The fraction of sp³-hybridized carbons (Fsp3) is 0.238. The molecule has 0 spiro atoms. The van der Waals surface area contributed by atoms with Gasteiger partial charge in [-0.25, -0.2) is 0 Å². The van der Waals surface area contributed by atoms with Gasteiger partial charge in [0.25, 0.3) is 0 Å². The van der Waals surface area contributed by atoms with Crippen molar-refractivity contribution in [3.8, 4) is 11.1 Å². The predicted octanol–water partition coefficient (Wildman–Crippen LogP) is 6.16. The Bertz CT molecular complexity index is 753. The minimum absolute atomic E-state index is 1.15. The molecule has 0 bridgehead atoms. The molecule has 0 nitrogen and oxygen atoms in total. The zero-order chi connectivity index (χ0) is 14.7. The summed E-state index contributed by atoms with van der Waals surface area (Å²) in [5, 5.41) is 2.76. The Kier molecular flexibility index (Phi) is 4.06. The van der Waals surface area contributed by atoms with Gasteiger partial charge in [0.15, 0.2) is 0 Å². The molecule has 0 amide bonds. The fourth-order valence-corrected chi connectivity index (χ4v) is 3.09. The van der Waals surface area contributed by atoms with Gasteiger partial charge in [0.1, 0.15) is 0 Å². The molecular weight excluding hydrogens is 252 g/mol. The summed E-state index contributed by atoms with van der Waals surface area (Å²) in [6.07, 6.45) is 3.63. The summed E-state index contributed by atoms with van der Waals surface area (Å²) in [4.78, 5) is 0. The van der Waals surface area contributed by atoms with E-state index in [1.165, 1.54) is 45.9 Å². The highest BCUT2D eigenvalue weighted by atomic mass is 14.1. The molecule has 0 unspecified atom stereocenters. The Labute approximate surface area is 127 Å². The monoisotopic (exact) mass is 274 g/mol. The molecule has 3 aromatic rings. The van der Waals surface area contributed by atoms with Crippen LogP contribution in [0.3, 0.4) is 0 Å². The molecule has 0 radical (unpaired) electrons. The quantitative estimate of drug-likeness (QED) is 0.534. The molecular formula is C21H22. The molecule has 0 aliphatic heterocycles. The Hall–Kier alpha value is -2.08. The van der Waals surface area contributed by atoms with E-state index in [1.54, 1.807) is 0 Å². The summed E-state index contributed by atoms with van der Waals surface area (Å²) >= 11 is 0. The van der Waals surface area contributed by atoms with Crippen molar-refractivity contribution in [3.05, 3.63) is 71.8 Å². The number of hydrogen-bond donors (Lipinski definition) is 0. The zero-order valence-electron chi connectivity index (χ0n) is 12.9. The van der Waals surface area contributed by atoms with Crippen LogP contribution < -0.4 is 0 Å². The second kappa shape index (κ2) is 6.13. The van der Waals surface area contributed by atoms with Gasteiger partial charge in [0, 0.05) is 0 Å². The first-order chi connectivity index (χ1) is 10.3. The highest BCUT2D eigenvalue weighted by Crippen LogP contribution is 2.33. The maximum Gasteiger partial charge on any atom is -0.0143 e. The summed E-state index contributed by atoms with van der Waals surface area (Å²) in [5.41, 5.74) is 5.63. The van der Waals surface area contributed by atoms with Gasteiger partial charge in [0.2, 0.25) is 0 Å². The third-order valence-electron chi connectivity index (χ3n) is 4.26. The third kappa shape index (κ3) is 2.71. The normalized spacial score (nSPS) is 11.0. The summed E-state index contributed by atoms with van der Waals surface area (Å²) in [6.45, 7) is 4.46. The van der Waals surface area contributed by atoms with E-state index in [9.17, 15) is 0 Å². The van der Waals surface area contributed by atoms with Crippen LogP contribution in [0.1, 0.15) is 30.9 Å². The fourth-order valence-electron chi connectivity index (χ4n) is 3.09. The third-order valence-corrected chi connectivity index (χ3v) is 4.26. The maximum absolute atomic E-state index is 2.30. The van der Waals surface area contributed by atoms with Crippen molar-refractivity contribution in [2.45, 2.75) is 33.1 Å². The first-order valence-corrected chi connectivity index (χ1v) is 7.88. The Morgan fingerprint density at radius 1 is 0.762 bits per heavy atom. The lowest BCUT2D eigenvalue weighted by Crippen LogP contribution is -1.94. The molecule has 0 saturated heterocycles. The van der Waals surface area contributed by atoms with E-state index in [4.69, 9.17) is 0 Å². The predicted molar refractivity (Wildman–Crippen MR) is 92.7 cm³/mol. The van der Waals surface area contributed by atoms with E-state index >= 15 is 0 Å². The smallest absolute Gasteiger partial charge is 0.0143 e. The average Bonchev–Trinajstić information content (AvgIpc) is 2.53. The van der Waals surface area contributed by atoms with Gasteiger partial charge in [-0.1, -0.05) is 74.0 Å². The lowest BCUT2D eigenvalue weighted by atomic mass is 9.89. The number of unbranched alkanes of at least 4 members (excludes halogenated alkanes) is 1. The van der Waals surface area contributed by atoms with Crippen molar-refractivity contribution in [2.75, 3.05) is 0 Å². The minimum atomic E-state index is 1.15. The van der Waals surface area contributed by atoms with E-state index in [0.717, 1.165) is 6.42 Å². The zero-order valence-corrected chi connectivity index (χ0v) is 12.9. The first-order valence-electron chi connectivity index (χ1n) is 7.88. The van der Waals surface area contributed by atoms with Gasteiger partial charge >= 0.3 is 0 Å². The van der Waals surface area contributed by atoms with Crippen LogP contribution in [-0.4, -0.2) is 0 Å². The maximum atomic E-state index is 2.30. The van der Waals surface area contributed by atoms with Crippen molar-refractivity contribution in [2.24, 2.45) is 0 Å². The van der Waals surface area contributed by atoms with E-state index in [-0.39, 0.29) is 0 Å². The molecule has 0 aromatic heterocycles. The Balaban J connectivity index is 2.24. The van der Waals surface area contributed by atoms with Crippen LogP contribution in [0.5, 0.6) is 0 Å².